The molecule has 0 bridgehead atoms. The van der Waals surface area contributed by atoms with Crippen LogP contribution in [-0.4, -0.2) is 33.8 Å². The molecule has 1 aliphatic carbocycles. The third kappa shape index (κ3) is 6.73. The Bertz CT molecular complexity index is 1650. The van der Waals surface area contributed by atoms with Gasteiger partial charge in [-0.25, -0.2) is 13.6 Å². The van der Waals surface area contributed by atoms with Crippen molar-refractivity contribution in [3.05, 3.63) is 106 Å². The second-order valence-electron chi connectivity index (χ2n) is 10.2. The van der Waals surface area contributed by atoms with E-state index in [1.165, 1.54) is 13.3 Å². The highest BCUT2D eigenvalue weighted by molar-refractivity contribution is 5.91. The van der Waals surface area contributed by atoms with Gasteiger partial charge in [0.25, 0.3) is 0 Å². The molecule has 1 aliphatic rings. The third-order valence-corrected chi connectivity index (χ3v) is 7.32. The number of ether oxygens (including phenoxy) is 1. The Labute approximate surface area is 243 Å². The molecule has 1 N–H and O–H groups in total. The van der Waals surface area contributed by atoms with Gasteiger partial charge in [0.1, 0.15) is 18.2 Å². The van der Waals surface area contributed by atoms with Crippen LogP contribution in [0.4, 0.5) is 22.0 Å². The highest BCUT2D eigenvalue weighted by atomic mass is 19.4. The van der Waals surface area contributed by atoms with Gasteiger partial charge in [-0.2, -0.15) is 18.3 Å². The summed E-state index contributed by atoms with van der Waals surface area (Å²) in [6, 6.07) is 11.9. The van der Waals surface area contributed by atoms with Crippen molar-refractivity contribution in [2.24, 2.45) is 0 Å². The molecule has 0 saturated carbocycles. The van der Waals surface area contributed by atoms with E-state index in [0.29, 0.717) is 53.4 Å². The summed E-state index contributed by atoms with van der Waals surface area (Å²) in [6.45, 7) is -0.511. The van der Waals surface area contributed by atoms with Crippen LogP contribution in [0.1, 0.15) is 57.5 Å². The summed E-state index contributed by atoms with van der Waals surface area (Å²) in [5, 5.41) is 6.47. The third-order valence-electron chi connectivity index (χ3n) is 7.32. The van der Waals surface area contributed by atoms with Gasteiger partial charge in [0.15, 0.2) is 5.69 Å². The second kappa shape index (κ2) is 12.3. The Morgan fingerprint density at radius 3 is 2.49 bits per heavy atom. The first-order valence-corrected chi connectivity index (χ1v) is 13.6. The van der Waals surface area contributed by atoms with Crippen LogP contribution < -0.4 is 5.32 Å². The molecule has 7 nitrogen and oxygen atoms in total. The number of nitrogens with one attached hydrogen (secondary N) is 1. The number of carbonyl (C=O) groups excluding carboxylic acids is 2. The van der Waals surface area contributed by atoms with Gasteiger partial charge in [0, 0.05) is 35.5 Å². The maximum Gasteiger partial charge on any atom is 0.435 e. The van der Waals surface area contributed by atoms with Crippen molar-refractivity contribution in [3.8, 4) is 11.1 Å². The van der Waals surface area contributed by atoms with Crippen LogP contribution in [0.5, 0.6) is 0 Å². The first-order chi connectivity index (χ1) is 20.5. The predicted octanol–water partition coefficient (Wildman–Crippen LogP) is 6.01. The highest BCUT2D eigenvalue weighted by Gasteiger charge is 2.39. The van der Waals surface area contributed by atoms with Crippen molar-refractivity contribution >= 4 is 11.9 Å². The minimum Gasteiger partial charge on any atom is -0.465 e. The fourth-order valence-electron chi connectivity index (χ4n) is 5.42. The zero-order valence-electron chi connectivity index (χ0n) is 23.0. The second-order valence-corrected chi connectivity index (χ2v) is 10.2. The van der Waals surface area contributed by atoms with Crippen molar-refractivity contribution in [2.45, 2.75) is 50.9 Å². The molecular formula is C31H27F5N4O3. The van der Waals surface area contributed by atoms with Gasteiger partial charge in [-0.15, -0.1) is 0 Å². The maximum atomic E-state index is 14.3. The van der Waals surface area contributed by atoms with Crippen LogP contribution in [0.3, 0.4) is 0 Å². The Kier molecular flexibility index (Phi) is 8.56. The van der Waals surface area contributed by atoms with E-state index in [1.807, 2.05) is 0 Å². The molecule has 4 aromatic rings. The summed E-state index contributed by atoms with van der Waals surface area (Å²) in [6.07, 6.45) is -1.34. The molecule has 1 atom stereocenters. The summed E-state index contributed by atoms with van der Waals surface area (Å²) in [7, 11) is 1.26. The van der Waals surface area contributed by atoms with E-state index in [2.05, 4.69) is 15.4 Å². The monoisotopic (exact) mass is 598 g/mol. The lowest BCUT2D eigenvalue weighted by molar-refractivity contribution is -0.142. The topological polar surface area (TPSA) is 86.1 Å². The number of benzene rings is 2. The fraction of sp³-hybridized carbons (Fsp3) is 0.290. The quantitative estimate of drug-likeness (QED) is 0.199. The number of amides is 1. The van der Waals surface area contributed by atoms with Crippen LogP contribution in [0.15, 0.2) is 60.8 Å². The largest absolute Gasteiger partial charge is 0.465 e. The van der Waals surface area contributed by atoms with Gasteiger partial charge < -0.3 is 10.1 Å². The smallest absolute Gasteiger partial charge is 0.435 e. The average molecular weight is 599 g/mol. The number of methoxy groups -OCH3 is 1. The Balaban J connectivity index is 1.47. The van der Waals surface area contributed by atoms with Gasteiger partial charge >= 0.3 is 12.1 Å². The molecule has 2 heterocycles. The minimum atomic E-state index is -4.66. The van der Waals surface area contributed by atoms with Crippen LogP contribution >= 0.6 is 0 Å². The molecule has 5 rings (SSSR count). The number of rotatable bonds is 8. The van der Waals surface area contributed by atoms with Gasteiger partial charge in [-0.05, 0) is 67.1 Å². The summed E-state index contributed by atoms with van der Waals surface area (Å²) < 4.78 is 75.4. The molecule has 0 aliphatic heterocycles. The van der Waals surface area contributed by atoms with E-state index >= 15 is 0 Å². The number of fused-ring (bicyclic) bond motifs is 1. The van der Waals surface area contributed by atoms with Crippen molar-refractivity contribution in [1.29, 1.82) is 0 Å². The summed E-state index contributed by atoms with van der Waals surface area (Å²) in [4.78, 5) is 29.8. The van der Waals surface area contributed by atoms with Crippen LogP contribution in [-0.2, 0) is 41.5 Å². The maximum absolute atomic E-state index is 14.3. The molecule has 2 aromatic heterocycles. The molecule has 0 saturated heterocycles. The molecular weight excluding hydrogens is 571 g/mol. The molecule has 2 aromatic carbocycles. The van der Waals surface area contributed by atoms with E-state index in [4.69, 9.17) is 4.74 Å². The van der Waals surface area contributed by atoms with E-state index in [9.17, 15) is 31.5 Å². The molecule has 1 amide bonds. The summed E-state index contributed by atoms with van der Waals surface area (Å²) >= 11 is 0. The lowest BCUT2D eigenvalue weighted by Gasteiger charge is -2.21. The first-order valence-electron chi connectivity index (χ1n) is 13.6. The van der Waals surface area contributed by atoms with Gasteiger partial charge in [-0.1, -0.05) is 18.2 Å². The standard InChI is InChI=1S/C31H27F5N4O3/c1-43-30(42)19-7-4-6-18(12-19)23-9-5-11-37-26(23)16-25(20-13-21(32)15-22(33)14-20)38-28(41)17-40-27-10-3-2-8-24(27)29(39-40)31(34,35)36/h4-7,9,11-15,25H,2-3,8,10,16-17H2,1H3,(H,38,41). The molecule has 1 unspecified atom stereocenters. The lowest BCUT2D eigenvalue weighted by atomic mass is 9.95. The van der Waals surface area contributed by atoms with Crippen LogP contribution in [0, 0.1) is 11.6 Å². The minimum absolute atomic E-state index is 0.0295. The Morgan fingerprint density at radius 2 is 1.77 bits per heavy atom. The normalized spacial score (nSPS) is 13.7. The number of aromatic nitrogens is 3. The number of pyridine rings is 1. The number of carbonyl (C=O) groups is 2. The van der Waals surface area contributed by atoms with Crippen molar-refractivity contribution in [3.63, 3.8) is 0 Å². The number of alkyl halides is 3. The van der Waals surface area contributed by atoms with Crippen molar-refractivity contribution in [1.82, 2.24) is 20.1 Å². The van der Waals surface area contributed by atoms with E-state index < -0.39 is 48.0 Å². The average Bonchev–Trinajstić information content (AvgIpc) is 3.35. The number of nitrogens with zero attached hydrogens (tertiary/aromatic N) is 3. The van der Waals surface area contributed by atoms with Crippen LogP contribution in [0.25, 0.3) is 11.1 Å². The Hall–Kier alpha value is -4.61. The molecule has 224 valence electrons. The van der Waals surface area contributed by atoms with Gasteiger partial charge in [0.2, 0.25) is 5.91 Å². The van der Waals surface area contributed by atoms with Gasteiger partial charge in [-0.3, -0.25) is 14.5 Å². The number of halogens is 5. The predicted molar refractivity (Wildman–Crippen MR) is 146 cm³/mol. The molecule has 0 radical (unpaired) electrons. The van der Waals surface area contributed by atoms with E-state index in [0.717, 1.165) is 16.8 Å². The highest BCUT2D eigenvalue weighted by Crippen LogP contribution is 2.36. The number of esters is 1. The van der Waals surface area contributed by atoms with Crippen LogP contribution in [0.2, 0.25) is 0 Å². The molecule has 0 spiro atoms. The molecule has 43 heavy (non-hydrogen) atoms. The zero-order chi connectivity index (χ0) is 30.7. The van der Waals surface area contributed by atoms with Crippen molar-refractivity contribution in [2.75, 3.05) is 7.11 Å². The lowest BCUT2D eigenvalue weighted by Crippen LogP contribution is -2.34. The number of hydrogen-bond donors (Lipinski definition) is 1. The first kappa shape index (κ1) is 29.9. The number of hydrogen-bond acceptors (Lipinski definition) is 5. The van der Waals surface area contributed by atoms with E-state index in [1.54, 1.807) is 36.4 Å². The summed E-state index contributed by atoms with van der Waals surface area (Å²) in [5.41, 5.74) is 1.52. The van der Waals surface area contributed by atoms with Crippen molar-refractivity contribution < 1.29 is 36.3 Å². The van der Waals surface area contributed by atoms with E-state index in [-0.39, 0.29) is 24.0 Å². The molecule has 12 heteroatoms. The Morgan fingerprint density at radius 1 is 1.02 bits per heavy atom. The molecule has 0 fully saturated rings. The summed E-state index contributed by atoms with van der Waals surface area (Å²) in [5.74, 6) is -2.96. The SMILES string of the molecule is COC(=O)c1cccc(-c2cccnc2CC(NC(=O)Cn2nc(C(F)(F)F)c3c2CCCC3)c2cc(F)cc(F)c2)c1. The fourth-order valence-corrected chi connectivity index (χ4v) is 5.42. The van der Waals surface area contributed by atoms with Gasteiger partial charge in [0.05, 0.1) is 24.4 Å². The zero-order valence-corrected chi connectivity index (χ0v) is 23.0.